The van der Waals surface area contributed by atoms with Crippen LogP contribution >= 0.6 is 0 Å². The predicted molar refractivity (Wildman–Crippen MR) is 83.0 cm³/mol. The molecule has 0 spiro atoms. The van der Waals surface area contributed by atoms with Gasteiger partial charge in [-0.3, -0.25) is 9.89 Å². The zero-order chi connectivity index (χ0) is 14.7. The highest BCUT2D eigenvalue weighted by atomic mass is 16.1. The largest absolute Gasteiger partial charge is 0.352 e. The number of benzene rings is 1. The number of H-pyrrole nitrogens is 1. The Hall–Kier alpha value is -2.30. The lowest BCUT2D eigenvalue weighted by Crippen LogP contribution is -2.35. The minimum absolute atomic E-state index is 0.335. The molecule has 5 heteroatoms. The molecule has 1 aliphatic heterocycles. The van der Waals surface area contributed by atoms with Crippen molar-refractivity contribution in [3.63, 3.8) is 0 Å². The zero-order valence-electron chi connectivity index (χ0n) is 11.7. The fraction of sp³-hybridized carbons (Fsp3) is 0.250. The van der Waals surface area contributed by atoms with Crippen LogP contribution in [0.1, 0.15) is 24.0 Å². The molecule has 1 amide bonds. The maximum absolute atomic E-state index is 11.2. The van der Waals surface area contributed by atoms with Crippen molar-refractivity contribution in [2.45, 2.75) is 12.8 Å². The molecule has 1 aromatic heterocycles. The Morgan fingerprint density at radius 2 is 1.86 bits per heavy atom. The van der Waals surface area contributed by atoms with Crippen molar-refractivity contribution in [1.82, 2.24) is 15.1 Å². The molecule has 2 radical (unpaired) electrons. The van der Waals surface area contributed by atoms with E-state index in [9.17, 15) is 4.79 Å². The quantitative estimate of drug-likeness (QED) is 0.858. The summed E-state index contributed by atoms with van der Waals surface area (Å²) in [6.07, 6.45) is 5.45. The number of carbonyl (C=O) groups is 1. The Balaban J connectivity index is 1.97. The van der Waals surface area contributed by atoms with E-state index in [1.165, 1.54) is 16.7 Å². The molecule has 4 nitrogen and oxygen atoms in total. The van der Waals surface area contributed by atoms with Crippen molar-refractivity contribution in [3.8, 4) is 0 Å². The lowest BCUT2D eigenvalue weighted by molar-refractivity contribution is 0.217. The highest BCUT2D eigenvalue weighted by Crippen LogP contribution is 2.31. The number of nitrogens with one attached hydrogen (secondary N) is 1. The highest BCUT2D eigenvalue weighted by molar-refractivity contribution is 6.56. The second-order valence-electron chi connectivity index (χ2n) is 5.16. The molecule has 1 N–H and O–H groups in total. The Morgan fingerprint density at radius 1 is 1.14 bits per heavy atom. The topological polar surface area (TPSA) is 49.0 Å². The molecular weight excluding hydrogens is 261 g/mol. The zero-order valence-corrected chi connectivity index (χ0v) is 11.7. The van der Waals surface area contributed by atoms with Crippen LogP contribution in [0.25, 0.3) is 5.57 Å². The number of aromatic nitrogens is 2. The summed E-state index contributed by atoms with van der Waals surface area (Å²) >= 11 is 0. The molecular formula is C16H16BN3O. The van der Waals surface area contributed by atoms with Gasteiger partial charge < -0.3 is 4.90 Å². The van der Waals surface area contributed by atoms with Crippen LogP contribution in [0.2, 0.25) is 0 Å². The summed E-state index contributed by atoms with van der Waals surface area (Å²) in [6, 6.07) is 10.3. The fourth-order valence-electron chi connectivity index (χ4n) is 2.81. The van der Waals surface area contributed by atoms with Gasteiger partial charge >= 0.3 is 0 Å². The Morgan fingerprint density at radius 3 is 2.43 bits per heavy atom. The molecule has 1 aromatic carbocycles. The van der Waals surface area contributed by atoms with Gasteiger partial charge in [0, 0.05) is 24.8 Å². The summed E-state index contributed by atoms with van der Waals surface area (Å²) in [7, 11) is 5.35. The third-order valence-electron chi connectivity index (χ3n) is 3.88. The van der Waals surface area contributed by atoms with Crippen LogP contribution in [-0.4, -0.2) is 41.8 Å². The summed E-state index contributed by atoms with van der Waals surface area (Å²) < 4.78 is 0. The van der Waals surface area contributed by atoms with Crippen molar-refractivity contribution in [2.75, 3.05) is 13.1 Å². The molecule has 1 aliphatic rings. The average Bonchev–Trinajstić information content (AvgIpc) is 3.03. The molecule has 0 atom stereocenters. The van der Waals surface area contributed by atoms with Crippen molar-refractivity contribution >= 4 is 19.2 Å². The predicted octanol–water partition coefficient (Wildman–Crippen LogP) is 2.60. The number of hydrogen-bond donors (Lipinski definition) is 1. The molecule has 0 bridgehead atoms. The van der Waals surface area contributed by atoms with E-state index < -0.39 is 0 Å². The first kappa shape index (κ1) is 13.7. The van der Waals surface area contributed by atoms with Crippen molar-refractivity contribution < 1.29 is 4.79 Å². The molecule has 2 aromatic rings. The lowest BCUT2D eigenvalue weighted by atomic mass is 9.89. The molecule has 2 heterocycles. The van der Waals surface area contributed by atoms with Crippen LogP contribution in [0.15, 0.2) is 48.3 Å². The van der Waals surface area contributed by atoms with E-state index >= 15 is 0 Å². The van der Waals surface area contributed by atoms with E-state index in [-0.39, 0.29) is 5.81 Å². The first-order valence-corrected chi connectivity index (χ1v) is 7.06. The monoisotopic (exact) mass is 277 g/mol. The number of amides is 1. The van der Waals surface area contributed by atoms with Gasteiger partial charge in [-0.25, -0.2) is 0 Å². The maximum Gasteiger partial charge on any atom is 0.200 e. The fourth-order valence-corrected chi connectivity index (χ4v) is 2.81. The van der Waals surface area contributed by atoms with Crippen LogP contribution in [0.4, 0.5) is 4.79 Å². The number of piperidine rings is 1. The van der Waals surface area contributed by atoms with E-state index in [2.05, 4.69) is 22.3 Å². The number of carbonyl (C=O) groups excluding carboxylic acids is 1. The summed E-state index contributed by atoms with van der Waals surface area (Å²) in [4.78, 5) is 12.9. The summed E-state index contributed by atoms with van der Waals surface area (Å²) in [5.41, 5.74) is 4.83. The molecule has 1 saturated heterocycles. The molecule has 1 fully saturated rings. The van der Waals surface area contributed by atoms with E-state index in [1.54, 1.807) is 4.90 Å². The molecule has 3 rings (SSSR count). The van der Waals surface area contributed by atoms with Crippen molar-refractivity contribution in [1.29, 1.82) is 0 Å². The van der Waals surface area contributed by atoms with Crippen molar-refractivity contribution in [3.05, 3.63) is 59.4 Å². The lowest BCUT2D eigenvalue weighted by Gasteiger charge is -2.29. The van der Waals surface area contributed by atoms with Gasteiger partial charge in [-0.1, -0.05) is 35.9 Å². The van der Waals surface area contributed by atoms with E-state index in [0.29, 0.717) is 13.1 Å². The third kappa shape index (κ3) is 2.91. The standard InChI is InChI=1S/C16H16BN3O/c17-16(21)20-8-6-13(7-9-20)15(14-10-18-19-11-14)12-4-2-1-3-5-12/h1-5,10-11H,6-9H2,(H,18,19). The average molecular weight is 277 g/mol. The van der Waals surface area contributed by atoms with Gasteiger partial charge in [0.1, 0.15) is 0 Å². The van der Waals surface area contributed by atoms with Crippen molar-refractivity contribution in [2.24, 2.45) is 0 Å². The third-order valence-corrected chi connectivity index (χ3v) is 3.88. The summed E-state index contributed by atoms with van der Waals surface area (Å²) in [6.45, 7) is 1.36. The second-order valence-corrected chi connectivity index (χ2v) is 5.16. The van der Waals surface area contributed by atoms with Gasteiger partial charge in [0.05, 0.1) is 6.20 Å². The summed E-state index contributed by atoms with van der Waals surface area (Å²) in [5.74, 6) is -0.335. The second kappa shape index (κ2) is 6.00. The van der Waals surface area contributed by atoms with E-state index in [0.717, 1.165) is 18.4 Å². The highest BCUT2D eigenvalue weighted by Gasteiger charge is 2.20. The number of rotatable bonds is 2. The van der Waals surface area contributed by atoms with Gasteiger partial charge in [-0.15, -0.1) is 0 Å². The Kier molecular flexibility index (Phi) is 3.91. The van der Waals surface area contributed by atoms with Gasteiger partial charge in [0.2, 0.25) is 7.85 Å². The molecule has 0 unspecified atom stereocenters. The first-order chi connectivity index (χ1) is 10.3. The number of aromatic amines is 1. The number of nitrogens with zero attached hydrogens (tertiary/aromatic N) is 2. The van der Waals surface area contributed by atoms with Gasteiger partial charge in [-0.2, -0.15) is 5.10 Å². The maximum atomic E-state index is 11.2. The summed E-state index contributed by atoms with van der Waals surface area (Å²) in [5, 5.41) is 6.94. The van der Waals surface area contributed by atoms with Gasteiger partial charge in [-0.05, 0) is 24.0 Å². The Bertz CT molecular complexity index is 639. The van der Waals surface area contributed by atoms with Crippen LogP contribution in [0, 0.1) is 0 Å². The van der Waals surface area contributed by atoms with Crippen LogP contribution < -0.4 is 0 Å². The SMILES string of the molecule is [B]C(=O)N1CCC(=C(c2ccccc2)c2cn[nH]c2)CC1. The van der Waals surface area contributed by atoms with Crippen LogP contribution in [0.3, 0.4) is 0 Å². The number of likely N-dealkylation sites (tertiary alicyclic amines) is 1. The van der Waals surface area contributed by atoms with Crippen LogP contribution in [0.5, 0.6) is 0 Å². The van der Waals surface area contributed by atoms with E-state index in [4.69, 9.17) is 7.85 Å². The first-order valence-electron chi connectivity index (χ1n) is 7.06. The van der Waals surface area contributed by atoms with Gasteiger partial charge in [0.25, 0.3) is 0 Å². The van der Waals surface area contributed by atoms with Crippen LogP contribution in [-0.2, 0) is 0 Å². The van der Waals surface area contributed by atoms with Gasteiger partial charge in [0.15, 0.2) is 5.81 Å². The molecule has 104 valence electrons. The molecule has 0 saturated carbocycles. The minimum Gasteiger partial charge on any atom is -0.352 e. The normalized spacial score (nSPS) is 15.0. The molecule has 21 heavy (non-hydrogen) atoms. The minimum atomic E-state index is -0.335. The molecule has 0 aliphatic carbocycles. The number of hydrogen-bond acceptors (Lipinski definition) is 2. The Labute approximate surface area is 125 Å². The van der Waals surface area contributed by atoms with E-state index in [1.807, 2.05) is 30.6 Å². The smallest absolute Gasteiger partial charge is 0.200 e.